The van der Waals surface area contributed by atoms with E-state index in [4.69, 9.17) is 17.3 Å². The molecule has 0 aromatic heterocycles. The predicted molar refractivity (Wildman–Crippen MR) is 85.5 cm³/mol. The van der Waals surface area contributed by atoms with Gasteiger partial charge < -0.3 is 5.73 Å². The van der Waals surface area contributed by atoms with Crippen molar-refractivity contribution in [1.82, 2.24) is 4.90 Å². The van der Waals surface area contributed by atoms with Gasteiger partial charge in [0, 0.05) is 23.1 Å². The number of nitrogens with two attached hydrogens (primary N) is 1. The number of hydrogen-bond donors (Lipinski definition) is 1. The van der Waals surface area contributed by atoms with Gasteiger partial charge in [-0.3, -0.25) is 4.90 Å². The first-order valence-corrected chi connectivity index (χ1v) is 8.12. The largest absolute Gasteiger partial charge is 0.329 e. The molecule has 1 saturated heterocycles. The maximum absolute atomic E-state index is 6.08. The van der Waals surface area contributed by atoms with Gasteiger partial charge in [-0.15, -0.1) is 0 Å². The minimum Gasteiger partial charge on any atom is -0.329 e. The third-order valence-corrected chi connectivity index (χ3v) is 5.28. The van der Waals surface area contributed by atoms with Crippen molar-refractivity contribution in [3.8, 4) is 0 Å². The summed E-state index contributed by atoms with van der Waals surface area (Å²) in [5.74, 6) is 0.673. The molecule has 106 valence electrons. The predicted octanol–water partition coefficient (Wildman–Crippen LogP) is 4.22. The van der Waals surface area contributed by atoms with E-state index in [-0.39, 0.29) is 0 Å². The second kappa shape index (κ2) is 6.57. The molecule has 1 aliphatic heterocycles. The molecule has 1 fully saturated rings. The van der Waals surface area contributed by atoms with Crippen molar-refractivity contribution in [2.24, 2.45) is 11.7 Å². The van der Waals surface area contributed by atoms with Gasteiger partial charge in [-0.05, 0) is 58.9 Å². The van der Waals surface area contributed by atoms with Crippen LogP contribution in [0.25, 0.3) is 0 Å². The zero-order valence-corrected chi connectivity index (χ0v) is 13.9. The maximum atomic E-state index is 6.08. The Bertz CT molecular complexity index is 436. The molecule has 0 spiro atoms. The lowest BCUT2D eigenvalue weighted by Gasteiger charge is -2.35. The van der Waals surface area contributed by atoms with Crippen molar-refractivity contribution < 1.29 is 0 Å². The van der Waals surface area contributed by atoms with Crippen LogP contribution in [0.3, 0.4) is 0 Å². The first-order chi connectivity index (χ1) is 9.04. The number of hydrogen-bond acceptors (Lipinski definition) is 2. The molecule has 1 aromatic carbocycles. The Hall–Kier alpha value is -0.0900. The van der Waals surface area contributed by atoms with E-state index in [0.717, 1.165) is 16.0 Å². The fraction of sp³-hybridized carbons (Fsp3) is 0.600. The first kappa shape index (κ1) is 15.3. The smallest absolute Gasteiger partial charge is 0.0548 e. The van der Waals surface area contributed by atoms with Crippen LogP contribution in [0.4, 0.5) is 0 Å². The normalized spacial score (nSPS) is 22.1. The van der Waals surface area contributed by atoms with E-state index in [1.165, 1.54) is 18.4 Å². The lowest BCUT2D eigenvalue weighted by atomic mass is 9.98. The number of rotatable bonds is 4. The molecule has 2 nitrogen and oxygen atoms in total. The van der Waals surface area contributed by atoms with Crippen LogP contribution in [0, 0.1) is 5.92 Å². The molecular weight excluding hydrogens is 324 g/mol. The van der Waals surface area contributed by atoms with Crippen LogP contribution in [0.2, 0.25) is 5.02 Å². The van der Waals surface area contributed by atoms with Crippen molar-refractivity contribution in [2.45, 2.75) is 38.8 Å². The summed E-state index contributed by atoms with van der Waals surface area (Å²) in [5, 5.41) is 0.751. The molecule has 1 aromatic rings. The van der Waals surface area contributed by atoms with Crippen molar-refractivity contribution in [3.63, 3.8) is 0 Å². The van der Waals surface area contributed by atoms with E-state index in [1.54, 1.807) is 0 Å². The molecule has 4 heteroatoms. The van der Waals surface area contributed by atoms with Gasteiger partial charge in [-0.2, -0.15) is 0 Å². The zero-order chi connectivity index (χ0) is 14.0. The Morgan fingerprint density at radius 3 is 2.79 bits per heavy atom. The second-order valence-electron chi connectivity index (χ2n) is 5.62. The Morgan fingerprint density at radius 1 is 1.47 bits per heavy atom. The van der Waals surface area contributed by atoms with E-state index < -0.39 is 0 Å². The van der Waals surface area contributed by atoms with E-state index in [1.807, 2.05) is 6.07 Å². The number of halogens is 2. The summed E-state index contributed by atoms with van der Waals surface area (Å²) in [7, 11) is 0. The van der Waals surface area contributed by atoms with Gasteiger partial charge in [0.05, 0.1) is 5.02 Å². The molecule has 2 unspecified atom stereocenters. The lowest BCUT2D eigenvalue weighted by molar-refractivity contribution is 0.149. The maximum Gasteiger partial charge on any atom is 0.0548 e. The van der Waals surface area contributed by atoms with Gasteiger partial charge in [0.15, 0.2) is 0 Å². The van der Waals surface area contributed by atoms with Crippen LogP contribution in [0.15, 0.2) is 22.7 Å². The molecule has 1 heterocycles. The highest BCUT2D eigenvalue weighted by atomic mass is 79.9. The monoisotopic (exact) mass is 344 g/mol. The number of likely N-dealkylation sites (tertiary alicyclic amines) is 1. The summed E-state index contributed by atoms with van der Waals surface area (Å²) in [6, 6.07) is 7.09. The highest BCUT2D eigenvalue weighted by molar-refractivity contribution is 9.10. The lowest BCUT2D eigenvalue weighted by Crippen LogP contribution is -2.39. The van der Waals surface area contributed by atoms with Crippen LogP contribution < -0.4 is 5.73 Å². The molecule has 1 aliphatic rings. The molecule has 0 aliphatic carbocycles. The highest BCUT2D eigenvalue weighted by Gasteiger charge is 2.32. The zero-order valence-electron chi connectivity index (χ0n) is 11.6. The molecule has 2 rings (SSSR count). The van der Waals surface area contributed by atoms with Gasteiger partial charge in [-0.1, -0.05) is 31.5 Å². The molecule has 0 bridgehead atoms. The fourth-order valence-corrected chi connectivity index (χ4v) is 3.61. The Labute approximate surface area is 129 Å². The molecule has 19 heavy (non-hydrogen) atoms. The SMILES string of the molecule is CC(C)C1CCCN1C(CN)c1ccc(Cl)c(Br)c1. The Kier molecular flexibility index (Phi) is 5.29. The molecule has 2 atom stereocenters. The standard InChI is InChI=1S/C15H22BrClN2/c1-10(2)14-4-3-7-19(14)15(9-18)11-5-6-13(17)12(16)8-11/h5-6,8,10,14-15H,3-4,7,9,18H2,1-2H3. The van der Waals surface area contributed by atoms with E-state index in [2.05, 4.69) is 46.8 Å². The summed E-state index contributed by atoms with van der Waals surface area (Å²) >= 11 is 9.58. The summed E-state index contributed by atoms with van der Waals surface area (Å²) in [6.07, 6.45) is 2.55. The van der Waals surface area contributed by atoms with Crippen LogP contribution in [-0.4, -0.2) is 24.0 Å². The third kappa shape index (κ3) is 3.33. The van der Waals surface area contributed by atoms with Gasteiger partial charge in [0.1, 0.15) is 0 Å². The van der Waals surface area contributed by atoms with Crippen molar-refractivity contribution >= 4 is 27.5 Å². The average Bonchev–Trinajstić information content (AvgIpc) is 2.84. The van der Waals surface area contributed by atoms with Crippen molar-refractivity contribution in [1.29, 1.82) is 0 Å². The molecule has 2 N–H and O–H groups in total. The average molecular weight is 346 g/mol. The first-order valence-electron chi connectivity index (χ1n) is 6.95. The van der Waals surface area contributed by atoms with Gasteiger partial charge in [0.2, 0.25) is 0 Å². The van der Waals surface area contributed by atoms with E-state index in [9.17, 15) is 0 Å². The van der Waals surface area contributed by atoms with E-state index in [0.29, 0.717) is 24.5 Å². The second-order valence-corrected chi connectivity index (χ2v) is 6.88. The Balaban J connectivity index is 2.26. The summed E-state index contributed by atoms with van der Waals surface area (Å²) in [5.41, 5.74) is 7.30. The summed E-state index contributed by atoms with van der Waals surface area (Å²) < 4.78 is 0.949. The van der Waals surface area contributed by atoms with Crippen molar-refractivity contribution in [3.05, 3.63) is 33.3 Å². The topological polar surface area (TPSA) is 29.3 Å². The fourth-order valence-electron chi connectivity index (χ4n) is 3.10. The summed E-state index contributed by atoms with van der Waals surface area (Å²) in [4.78, 5) is 2.57. The third-order valence-electron chi connectivity index (χ3n) is 4.06. The van der Waals surface area contributed by atoms with Crippen LogP contribution in [0.5, 0.6) is 0 Å². The summed E-state index contributed by atoms with van der Waals surface area (Å²) in [6.45, 7) is 6.39. The quantitative estimate of drug-likeness (QED) is 0.885. The minimum atomic E-state index is 0.295. The van der Waals surface area contributed by atoms with Crippen LogP contribution in [-0.2, 0) is 0 Å². The number of nitrogens with zero attached hydrogens (tertiary/aromatic N) is 1. The minimum absolute atomic E-state index is 0.295. The van der Waals surface area contributed by atoms with E-state index >= 15 is 0 Å². The molecule has 0 saturated carbocycles. The molecule has 0 amide bonds. The highest BCUT2D eigenvalue weighted by Crippen LogP contribution is 2.34. The van der Waals surface area contributed by atoms with Gasteiger partial charge in [-0.25, -0.2) is 0 Å². The number of benzene rings is 1. The van der Waals surface area contributed by atoms with Gasteiger partial charge >= 0.3 is 0 Å². The molecule has 0 radical (unpaired) electrons. The van der Waals surface area contributed by atoms with Crippen LogP contribution >= 0.6 is 27.5 Å². The molecular formula is C15H22BrClN2. The van der Waals surface area contributed by atoms with Crippen molar-refractivity contribution in [2.75, 3.05) is 13.1 Å². The van der Waals surface area contributed by atoms with Crippen LogP contribution in [0.1, 0.15) is 38.3 Å². The Morgan fingerprint density at radius 2 is 2.21 bits per heavy atom. The van der Waals surface area contributed by atoms with Gasteiger partial charge in [0.25, 0.3) is 0 Å².